The number of rotatable bonds is 7. The molecule has 1 atom stereocenters. The number of nitrogens with two attached hydrogens (primary N) is 1. The van der Waals surface area contributed by atoms with Crippen molar-refractivity contribution in [2.24, 2.45) is 5.73 Å². The first kappa shape index (κ1) is 30.4. The number of aromatic amines is 1. The van der Waals surface area contributed by atoms with Gasteiger partial charge in [-0.1, -0.05) is 80.6 Å². The highest BCUT2D eigenvalue weighted by molar-refractivity contribution is 6.11. The summed E-state index contributed by atoms with van der Waals surface area (Å²) in [5, 5.41) is 18.0. The zero-order valence-corrected chi connectivity index (χ0v) is 26.9. The first-order valence-corrected chi connectivity index (χ1v) is 16.1. The number of aliphatic hydroxyl groups excluding tert-OH is 1. The lowest BCUT2D eigenvalue weighted by atomic mass is 9.92. The SMILES string of the molecule is CCc1ccc(C)c2c(\C(N)=C/C=C3\CCC(=C/C=c4/[nH]c5ccc(CC)c6cccc4c56)\C3=C(\C(C)=O)C(C)O)cccc12. The first-order valence-electron chi connectivity index (χ1n) is 16.1. The molecule has 1 unspecified atom stereocenters. The molecule has 4 aromatic carbocycles. The minimum atomic E-state index is -0.889. The molecule has 1 fully saturated rings. The smallest absolute Gasteiger partial charge is 0.159 e. The largest absolute Gasteiger partial charge is 0.398 e. The van der Waals surface area contributed by atoms with Gasteiger partial charge >= 0.3 is 0 Å². The van der Waals surface area contributed by atoms with Gasteiger partial charge < -0.3 is 15.8 Å². The summed E-state index contributed by atoms with van der Waals surface area (Å²) in [6.45, 7) is 9.70. The number of hydrogen-bond donors (Lipinski definition) is 3. The Hall–Kier alpha value is -4.67. The lowest BCUT2D eigenvalue weighted by molar-refractivity contribution is -0.114. The van der Waals surface area contributed by atoms with Crippen LogP contribution in [0.1, 0.15) is 62.8 Å². The van der Waals surface area contributed by atoms with E-state index in [2.05, 4.69) is 98.6 Å². The fourth-order valence-electron chi connectivity index (χ4n) is 7.19. The van der Waals surface area contributed by atoms with Gasteiger partial charge in [-0.05, 0) is 114 Å². The Labute approximate surface area is 265 Å². The lowest BCUT2D eigenvalue weighted by Gasteiger charge is -2.14. The Morgan fingerprint density at radius 2 is 1.49 bits per heavy atom. The van der Waals surface area contributed by atoms with Gasteiger partial charge in [0.05, 0.1) is 6.10 Å². The van der Waals surface area contributed by atoms with Gasteiger partial charge in [0.2, 0.25) is 0 Å². The van der Waals surface area contributed by atoms with Crippen LogP contribution in [0.5, 0.6) is 0 Å². The zero-order valence-electron chi connectivity index (χ0n) is 26.9. The van der Waals surface area contributed by atoms with Gasteiger partial charge in [0.15, 0.2) is 5.78 Å². The van der Waals surface area contributed by atoms with E-state index in [1.807, 2.05) is 12.2 Å². The van der Waals surface area contributed by atoms with Gasteiger partial charge in [0.25, 0.3) is 0 Å². The van der Waals surface area contributed by atoms with Crippen molar-refractivity contribution >= 4 is 50.0 Å². The molecule has 228 valence electrons. The molecule has 0 radical (unpaired) electrons. The van der Waals surface area contributed by atoms with Crippen LogP contribution >= 0.6 is 0 Å². The van der Waals surface area contributed by atoms with Crippen LogP contribution in [0.4, 0.5) is 0 Å². The van der Waals surface area contributed by atoms with Crippen molar-refractivity contribution in [3.8, 4) is 0 Å². The van der Waals surface area contributed by atoms with Gasteiger partial charge in [-0.2, -0.15) is 0 Å². The normalized spacial score (nSPS) is 18.3. The maximum atomic E-state index is 12.9. The summed E-state index contributed by atoms with van der Waals surface area (Å²) in [6.07, 6.45) is 10.8. The number of aliphatic hydroxyl groups is 1. The van der Waals surface area contributed by atoms with E-state index in [1.54, 1.807) is 6.92 Å². The summed E-state index contributed by atoms with van der Waals surface area (Å²) in [7, 11) is 0. The maximum Gasteiger partial charge on any atom is 0.159 e. The molecule has 4 N–H and O–H groups in total. The zero-order chi connectivity index (χ0) is 31.8. The van der Waals surface area contributed by atoms with E-state index < -0.39 is 6.10 Å². The van der Waals surface area contributed by atoms with Crippen LogP contribution in [0.3, 0.4) is 0 Å². The van der Waals surface area contributed by atoms with E-state index in [-0.39, 0.29) is 5.78 Å². The Bertz CT molecular complexity index is 2150. The van der Waals surface area contributed by atoms with Gasteiger partial charge in [0, 0.05) is 38.5 Å². The molecule has 0 amide bonds. The number of carbonyl (C=O) groups excluding carboxylic acids is 1. The Balaban J connectivity index is 1.47. The summed E-state index contributed by atoms with van der Waals surface area (Å²) in [4.78, 5) is 16.5. The van der Waals surface area contributed by atoms with Crippen molar-refractivity contribution in [2.75, 3.05) is 0 Å². The number of allylic oxidation sites excluding steroid dienone is 6. The monoisotopic (exact) mass is 594 g/mol. The first-order chi connectivity index (χ1) is 21.7. The predicted octanol–water partition coefficient (Wildman–Crippen LogP) is 8.32. The standard InChI is InChI=1S/C41H42N2O2/c1-6-27-15-14-24(3)38-31(27)10-8-12-33(38)35(42)21-18-29-16-17-30(40(29)39(25(4)44)26(5)45)20-22-36-34-13-9-11-32-28(7-2)19-23-37(43-36)41(32)34/h8-15,18-23,25,43-44H,6-7,16-17,42H2,1-5H3/b29-18+,30-20+,35-21+,36-22+,40-39+. The lowest BCUT2D eigenvalue weighted by Crippen LogP contribution is -2.15. The molecule has 6 rings (SSSR count). The van der Waals surface area contributed by atoms with Crippen molar-refractivity contribution in [1.29, 1.82) is 0 Å². The maximum absolute atomic E-state index is 12.9. The number of aryl methyl sites for hydroxylation is 3. The average molecular weight is 595 g/mol. The van der Waals surface area contributed by atoms with Gasteiger partial charge in [-0.15, -0.1) is 0 Å². The van der Waals surface area contributed by atoms with Crippen LogP contribution in [-0.2, 0) is 17.6 Å². The number of aromatic nitrogens is 1. The summed E-state index contributed by atoms with van der Waals surface area (Å²) < 4.78 is 0. The summed E-state index contributed by atoms with van der Waals surface area (Å²) in [5.41, 5.74) is 16.7. The second kappa shape index (κ2) is 12.4. The Morgan fingerprint density at radius 3 is 2.16 bits per heavy atom. The van der Waals surface area contributed by atoms with E-state index in [0.717, 1.165) is 58.8 Å². The molecule has 0 spiro atoms. The fourth-order valence-corrected chi connectivity index (χ4v) is 7.19. The number of nitrogens with one attached hydrogen (secondary N) is 1. The molecule has 4 nitrogen and oxygen atoms in total. The molecule has 1 saturated carbocycles. The third-order valence-corrected chi connectivity index (χ3v) is 9.39. The minimum absolute atomic E-state index is 0.122. The number of H-pyrrole nitrogens is 1. The number of hydrogen-bond acceptors (Lipinski definition) is 3. The molecule has 1 aliphatic rings. The molecule has 0 bridgehead atoms. The molecular formula is C41H42N2O2. The molecule has 4 heteroatoms. The summed E-state index contributed by atoms with van der Waals surface area (Å²) in [5.74, 6) is -0.122. The molecule has 1 aromatic heterocycles. The van der Waals surface area contributed by atoms with Crippen molar-refractivity contribution in [1.82, 2.24) is 4.98 Å². The van der Waals surface area contributed by atoms with Crippen LogP contribution in [-0.4, -0.2) is 22.0 Å². The molecule has 1 aliphatic carbocycles. The summed E-state index contributed by atoms with van der Waals surface area (Å²) >= 11 is 0. The third-order valence-electron chi connectivity index (χ3n) is 9.39. The average Bonchev–Trinajstić information content (AvgIpc) is 3.60. The molecule has 0 aliphatic heterocycles. The third kappa shape index (κ3) is 5.44. The van der Waals surface area contributed by atoms with E-state index in [0.29, 0.717) is 11.3 Å². The Morgan fingerprint density at radius 1 is 0.867 bits per heavy atom. The molecular weight excluding hydrogens is 552 g/mol. The highest BCUT2D eigenvalue weighted by Gasteiger charge is 2.27. The molecule has 45 heavy (non-hydrogen) atoms. The minimum Gasteiger partial charge on any atom is -0.398 e. The highest BCUT2D eigenvalue weighted by atomic mass is 16.3. The van der Waals surface area contributed by atoms with Gasteiger partial charge in [0.1, 0.15) is 0 Å². The number of fused-ring (bicyclic) bond motifs is 1. The van der Waals surface area contributed by atoms with Crippen molar-refractivity contribution in [3.63, 3.8) is 0 Å². The number of benzene rings is 4. The van der Waals surface area contributed by atoms with Crippen molar-refractivity contribution < 1.29 is 9.90 Å². The van der Waals surface area contributed by atoms with Gasteiger partial charge in [-0.3, -0.25) is 4.79 Å². The number of Topliss-reactive ketones (excluding diaryl/α,β-unsaturated/α-hetero) is 1. The number of carbonyl (C=O) groups is 1. The molecule has 0 saturated heterocycles. The quantitative estimate of drug-likeness (QED) is 0.166. The van der Waals surface area contributed by atoms with E-state index >= 15 is 0 Å². The van der Waals surface area contributed by atoms with Crippen LogP contribution in [0.15, 0.2) is 101 Å². The summed E-state index contributed by atoms with van der Waals surface area (Å²) in [6, 6.07) is 21.5. The second-order valence-corrected chi connectivity index (χ2v) is 12.2. The fraction of sp³-hybridized carbons (Fsp3) is 0.244. The van der Waals surface area contributed by atoms with Gasteiger partial charge in [-0.25, -0.2) is 0 Å². The van der Waals surface area contributed by atoms with Crippen LogP contribution in [0.2, 0.25) is 0 Å². The number of ketones is 1. The molecule has 1 heterocycles. The molecule has 5 aromatic rings. The topological polar surface area (TPSA) is 79.1 Å². The highest BCUT2D eigenvalue weighted by Crippen LogP contribution is 2.39. The second-order valence-electron chi connectivity index (χ2n) is 12.2. The Kier molecular flexibility index (Phi) is 8.35. The van der Waals surface area contributed by atoms with Crippen LogP contribution in [0, 0.1) is 6.92 Å². The van der Waals surface area contributed by atoms with Crippen LogP contribution in [0.25, 0.3) is 44.2 Å². The van der Waals surface area contributed by atoms with Crippen LogP contribution < -0.4 is 11.1 Å². The van der Waals surface area contributed by atoms with Crippen molar-refractivity contribution in [3.05, 3.63) is 129 Å². The van der Waals surface area contributed by atoms with E-state index in [9.17, 15) is 9.90 Å². The van der Waals surface area contributed by atoms with Crippen molar-refractivity contribution in [2.45, 2.75) is 66.4 Å². The predicted molar refractivity (Wildman–Crippen MR) is 190 cm³/mol. The van der Waals surface area contributed by atoms with E-state index in [4.69, 9.17) is 5.73 Å². The van der Waals surface area contributed by atoms with E-state index in [1.165, 1.54) is 50.5 Å².